The average Bonchev–Trinajstić information content (AvgIpc) is 2.45. The van der Waals surface area contributed by atoms with Crippen molar-refractivity contribution >= 4 is 0 Å². The van der Waals surface area contributed by atoms with Gasteiger partial charge in [-0.3, -0.25) is 4.90 Å². The molecule has 1 aliphatic heterocycles. The molecular formula is C19H34N2. The van der Waals surface area contributed by atoms with Gasteiger partial charge in [-0.2, -0.15) is 0 Å². The minimum Gasteiger partial charge on any atom is -0.311 e. The van der Waals surface area contributed by atoms with E-state index in [9.17, 15) is 0 Å². The van der Waals surface area contributed by atoms with Crippen LogP contribution in [0.5, 0.6) is 0 Å². The first-order valence-electron chi connectivity index (χ1n) is 9.60. The fourth-order valence-corrected chi connectivity index (χ4v) is 6.63. The molecule has 0 aromatic rings. The highest BCUT2D eigenvalue weighted by atomic mass is 15.3. The van der Waals surface area contributed by atoms with Gasteiger partial charge in [0.15, 0.2) is 0 Å². The summed E-state index contributed by atoms with van der Waals surface area (Å²) < 4.78 is 0. The van der Waals surface area contributed by atoms with Gasteiger partial charge in [0.2, 0.25) is 0 Å². The molecule has 4 saturated carbocycles. The molecule has 5 aliphatic rings. The monoisotopic (exact) mass is 290 g/mol. The maximum absolute atomic E-state index is 3.84. The van der Waals surface area contributed by atoms with Crippen LogP contribution in [0.15, 0.2) is 0 Å². The maximum Gasteiger partial charge on any atom is 0.0224 e. The van der Waals surface area contributed by atoms with Crippen molar-refractivity contribution in [3.63, 3.8) is 0 Å². The standard InChI is InChI=1S/C19H34N2/c1-4-17-11-20-18(13(2)3)12-21(17)19-8-14-5-15(9-19)7-16(6-14)10-19/h13-18,20H,4-12H2,1-3H3. The molecular weight excluding hydrogens is 256 g/mol. The van der Waals surface area contributed by atoms with Gasteiger partial charge in [0, 0.05) is 30.7 Å². The van der Waals surface area contributed by atoms with E-state index >= 15 is 0 Å². The summed E-state index contributed by atoms with van der Waals surface area (Å²) in [6, 6.07) is 1.50. The van der Waals surface area contributed by atoms with Crippen LogP contribution in [-0.2, 0) is 0 Å². The highest BCUT2D eigenvalue weighted by Gasteiger charge is 2.55. The van der Waals surface area contributed by atoms with Gasteiger partial charge in [-0.1, -0.05) is 20.8 Å². The third-order valence-corrected chi connectivity index (χ3v) is 7.34. The van der Waals surface area contributed by atoms with Gasteiger partial charge in [0.25, 0.3) is 0 Å². The SMILES string of the molecule is CCC1CNC(C(C)C)CN1C12CC3CC(CC(C3)C1)C2. The molecule has 5 rings (SSSR count). The molecule has 0 amide bonds. The van der Waals surface area contributed by atoms with E-state index in [2.05, 4.69) is 31.0 Å². The Morgan fingerprint density at radius 2 is 1.62 bits per heavy atom. The third kappa shape index (κ3) is 2.37. The Morgan fingerprint density at radius 3 is 2.10 bits per heavy atom. The second-order valence-corrected chi connectivity index (χ2v) is 9.12. The molecule has 2 heteroatoms. The van der Waals surface area contributed by atoms with Crippen molar-refractivity contribution in [2.75, 3.05) is 13.1 Å². The van der Waals surface area contributed by atoms with E-state index in [-0.39, 0.29) is 0 Å². The summed E-state index contributed by atoms with van der Waals surface area (Å²) in [4.78, 5) is 3.03. The summed E-state index contributed by atoms with van der Waals surface area (Å²) in [7, 11) is 0. The summed E-state index contributed by atoms with van der Waals surface area (Å²) in [5.74, 6) is 3.97. The smallest absolute Gasteiger partial charge is 0.0224 e. The molecule has 4 bridgehead atoms. The zero-order valence-electron chi connectivity index (χ0n) is 14.3. The predicted octanol–water partition coefficient (Wildman–Crippen LogP) is 3.66. The second-order valence-electron chi connectivity index (χ2n) is 9.12. The van der Waals surface area contributed by atoms with Crippen molar-refractivity contribution in [2.24, 2.45) is 23.7 Å². The number of nitrogens with one attached hydrogen (secondary N) is 1. The van der Waals surface area contributed by atoms with Crippen molar-refractivity contribution in [1.29, 1.82) is 0 Å². The molecule has 4 aliphatic carbocycles. The van der Waals surface area contributed by atoms with Crippen molar-refractivity contribution in [2.45, 2.75) is 83.3 Å². The minimum atomic E-state index is 0.602. The highest BCUT2D eigenvalue weighted by molar-refractivity contribution is 5.10. The van der Waals surface area contributed by atoms with Gasteiger partial charge in [-0.05, 0) is 68.6 Å². The van der Waals surface area contributed by atoms with E-state index in [1.54, 1.807) is 19.3 Å². The van der Waals surface area contributed by atoms with Crippen molar-refractivity contribution in [3.8, 4) is 0 Å². The molecule has 1 saturated heterocycles. The number of hydrogen-bond donors (Lipinski definition) is 1. The number of piperazine rings is 1. The van der Waals surface area contributed by atoms with E-state index in [0.29, 0.717) is 11.6 Å². The lowest BCUT2D eigenvalue weighted by Crippen LogP contribution is -2.69. The quantitative estimate of drug-likeness (QED) is 0.853. The van der Waals surface area contributed by atoms with Crippen LogP contribution in [0.25, 0.3) is 0 Å². The molecule has 0 spiro atoms. The largest absolute Gasteiger partial charge is 0.311 e. The first-order chi connectivity index (χ1) is 10.1. The summed E-state index contributed by atoms with van der Waals surface area (Å²) >= 11 is 0. The fourth-order valence-electron chi connectivity index (χ4n) is 6.63. The first-order valence-corrected chi connectivity index (χ1v) is 9.60. The fraction of sp³-hybridized carbons (Fsp3) is 1.00. The van der Waals surface area contributed by atoms with Crippen LogP contribution in [0.3, 0.4) is 0 Å². The summed E-state index contributed by atoms with van der Waals surface area (Å²) in [5, 5.41) is 3.84. The van der Waals surface area contributed by atoms with Gasteiger partial charge in [0.05, 0.1) is 0 Å². The van der Waals surface area contributed by atoms with Crippen LogP contribution in [0.4, 0.5) is 0 Å². The van der Waals surface area contributed by atoms with Gasteiger partial charge in [-0.15, -0.1) is 0 Å². The Kier molecular flexibility index (Phi) is 3.61. The Balaban J connectivity index is 1.60. The van der Waals surface area contributed by atoms with Crippen molar-refractivity contribution in [1.82, 2.24) is 10.2 Å². The zero-order chi connectivity index (χ0) is 14.6. The Labute approximate surface area is 131 Å². The lowest BCUT2D eigenvalue weighted by atomic mass is 9.52. The number of rotatable bonds is 3. The van der Waals surface area contributed by atoms with Crippen LogP contribution < -0.4 is 5.32 Å². The van der Waals surface area contributed by atoms with Crippen LogP contribution in [0.1, 0.15) is 65.7 Å². The molecule has 0 aromatic heterocycles. The Bertz CT molecular complexity index is 354. The van der Waals surface area contributed by atoms with Crippen molar-refractivity contribution in [3.05, 3.63) is 0 Å². The third-order valence-electron chi connectivity index (χ3n) is 7.34. The average molecular weight is 290 g/mol. The molecule has 2 unspecified atom stereocenters. The van der Waals surface area contributed by atoms with E-state index in [0.717, 1.165) is 29.7 Å². The van der Waals surface area contributed by atoms with E-state index in [1.807, 2.05) is 0 Å². The van der Waals surface area contributed by atoms with Gasteiger partial charge >= 0.3 is 0 Å². The van der Waals surface area contributed by atoms with Crippen LogP contribution in [-0.4, -0.2) is 35.6 Å². The molecule has 120 valence electrons. The Morgan fingerprint density at radius 1 is 1.05 bits per heavy atom. The molecule has 1 heterocycles. The van der Waals surface area contributed by atoms with Crippen LogP contribution >= 0.6 is 0 Å². The first kappa shape index (κ1) is 14.5. The van der Waals surface area contributed by atoms with E-state index in [4.69, 9.17) is 0 Å². The zero-order valence-corrected chi connectivity index (χ0v) is 14.3. The van der Waals surface area contributed by atoms with Gasteiger partial charge in [0.1, 0.15) is 0 Å². The molecule has 5 fully saturated rings. The second kappa shape index (κ2) is 5.23. The predicted molar refractivity (Wildman–Crippen MR) is 88.3 cm³/mol. The molecule has 2 nitrogen and oxygen atoms in total. The van der Waals surface area contributed by atoms with Gasteiger partial charge in [-0.25, -0.2) is 0 Å². The molecule has 2 atom stereocenters. The maximum atomic E-state index is 3.84. The molecule has 0 radical (unpaired) electrons. The molecule has 1 N–H and O–H groups in total. The van der Waals surface area contributed by atoms with Crippen LogP contribution in [0.2, 0.25) is 0 Å². The summed E-state index contributed by atoms with van der Waals surface area (Å²) in [6.07, 6.45) is 10.6. The Hall–Kier alpha value is -0.0800. The lowest BCUT2D eigenvalue weighted by molar-refractivity contribution is -0.117. The summed E-state index contributed by atoms with van der Waals surface area (Å²) in [5.41, 5.74) is 0.602. The number of hydrogen-bond acceptors (Lipinski definition) is 2. The van der Waals surface area contributed by atoms with Crippen molar-refractivity contribution < 1.29 is 0 Å². The summed E-state index contributed by atoms with van der Waals surface area (Å²) in [6.45, 7) is 9.71. The molecule has 0 aromatic carbocycles. The van der Waals surface area contributed by atoms with E-state index < -0.39 is 0 Å². The normalized spacial score (nSPS) is 50.0. The van der Waals surface area contributed by atoms with E-state index in [1.165, 1.54) is 38.8 Å². The minimum absolute atomic E-state index is 0.602. The van der Waals surface area contributed by atoms with Crippen LogP contribution in [0, 0.1) is 23.7 Å². The number of nitrogens with zero attached hydrogens (tertiary/aromatic N) is 1. The van der Waals surface area contributed by atoms with Gasteiger partial charge < -0.3 is 5.32 Å². The topological polar surface area (TPSA) is 15.3 Å². The highest BCUT2D eigenvalue weighted by Crippen LogP contribution is 2.58. The molecule has 21 heavy (non-hydrogen) atoms. The lowest BCUT2D eigenvalue weighted by Gasteiger charge is -2.63.